The third-order valence-corrected chi connectivity index (χ3v) is 1.03. The van der Waals surface area contributed by atoms with Gasteiger partial charge in [0.25, 0.3) is 0 Å². The van der Waals surface area contributed by atoms with E-state index >= 15 is 0 Å². The minimum atomic E-state index is -0.586. The molecule has 3 heteroatoms. The fourth-order valence-electron chi connectivity index (χ4n) is 0.424. The van der Waals surface area contributed by atoms with Gasteiger partial charge in [-0.1, -0.05) is 0 Å². The van der Waals surface area contributed by atoms with Crippen LogP contribution >= 0.6 is 0 Å². The highest BCUT2D eigenvalue weighted by Gasteiger charge is 2.18. The zero-order chi connectivity index (χ0) is 5.98. The molecule has 1 fully saturated rings. The Bertz CT molecular complexity index is 126. The van der Waals surface area contributed by atoms with Crippen LogP contribution in [-0.4, -0.2) is 12.2 Å². The van der Waals surface area contributed by atoms with E-state index in [0.717, 1.165) is 12.8 Å². The lowest BCUT2D eigenvalue weighted by atomic mass is 10.5. The third kappa shape index (κ3) is 1.73. The number of carbonyl (C=O) groups excluding carboxylic acids is 1. The van der Waals surface area contributed by atoms with E-state index in [2.05, 4.69) is 4.99 Å². The topological polar surface area (TPSA) is 55.5 Å². The van der Waals surface area contributed by atoms with Crippen molar-refractivity contribution in [2.75, 3.05) is 0 Å². The second-order valence-corrected chi connectivity index (χ2v) is 1.95. The van der Waals surface area contributed by atoms with Gasteiger partial charge in [0.05, 0.1) is 0 Å². The molecule has 8 heavy (non-hydrogen) atoms. The summed E-state index contributed by atoms with van der Waals surface area (Å²) in [5, 5.41) is 0. The molecule has 2 N–H and O–H groups in total. The van der Waals surface area contributed by atoms with Crippen LogP contribution in [0.15, 0.2) is 4.99 Å². The minimum Gasteiger partial charge on any atom is -0.350 e. The molecule has 0 atom stereocenters. The van der Waals surface area contributed by atoms with Crippen molar-refractivity contribution >= 4 is 12.2 Å². The van der Waals surface area contributed by atoms with Crippen molar-refractivity contribution in [3.05, 3.63) is 0 Å². The average molecular weight is 112 g/mol. The Morgan fingerprint density at radius 3 is 2.75 bits per heavy atom. The molecule has 1 saturated carbocycles. The van der Waals surface area contributed by atoms with Crippen LogP contribution in [-0.2, 0) is 0 Å². The van der Waals surface area contributed by atoms with Crippen LogP contribution in [0.3, 0.4) is 0 Å². The number of amides is 2. The third-order valence-electron chi connectivity index (χ3n) is 1.03. The Hall–Kier alpha value is -0.860. The van der Waals surface area contributed by atoms with Crippen LogP contribution in [0.4, 0.5) is 4.79 Å². The largest absolute Gasteiger partial charge is 0.350 e. The van der Waals surface area contributed by atoms with Crippen LogP contribution < -0.4 is 5.73 Å². The first-order chi connectivity index (χ1) is 3.79. The predicted octanol–water partition coefficient (Wildman–Crippen LogP) is 0.546. The number of primary amides is 1. The van der Waals surface area contributed by atoms with Crippen molar-refractivity contribution in [2.45, 2.75) is 12.8 Å². The zero-order valence-corrected chi connectivity index (χ0v) is 4.50. The van der Waals surface area contributed by atoms with E-state index in [1.165, 1.54) is 0 Å². The summed E-state index contributed by atoms with van der Waals surface area (Å²) in [4.78, 5) is 13.4. The fraction of sp³-hybridized carbons (Fsp3) is 0.600. The number of nitrogens with two attached hydrogens (primary N) is 1. The van der Waals surface area contributed by atoms with Gasteiger partial charge in [-0.2, -0.15) is 0 Å². The summed E-state index contributed by atoms with van der Waals surface area (Å²) in [6, 6.07) is -0.586. The second kappa shape index (κ2) is 1.94. The Kier molecular flexibility index (Phi) is 1.28. The molecule has 1 aliphatic carbocycles. The standard InChI is InChI=1S/C5H8N2O/c6-5(8)7-3-4-1-2-4/h3-4H,1-2H2,(H2,6,8). The molecule has 0 aliphatic heterocycles. The van der Waals surface area contributed by atoms with E-state index in [1.807, 2.05) is 0 Å². The summed E-state index contributed by atoms with van der Waals surface area (Å²) in [6.07, 6.45) is 3.95. The molecule has 0 aromatic rings. The van der Waals surface area contributed by atoms with Crippen LogP contribution in [0, 0.1) is 5.92 Å². The van der Waals surface area contributed by atoms with E-state index in [0.29, 0.717) is 5.92 Å². The van der Waals surface area contributed by atoms with Gasteiger partial charge in [-0.3, -0.25) is 0 Å². The lowest BCUT2D eigenvalue weighted by Crippen LogP contribution is -2.03. The fourth-order valence-corrected chi connectivity index (χ4v) is 0.424. The molecule has 0 unspecified atom stereocenters. The summed E-state index contributed by atoms with van der Waals surface area (Å²) < 4.78 is 0. The minimum absolute atomic E-state index is 0.544. The molecule has 0 bridgehead atoms. The van der Waals surface area contributed by atoms with Gasteiger partial charge in [0.2, 0.25) is 0 Å². The normalized spacial score (nSPS) is 19.5. The van der Waals surface area contributed by atoms with Crippen LogP contribution in [0.25, 0.3) is 0 Å². The molecule has 2 amide bonds. The van der Waals surface area contributed by atoms with Crippen LogP contribution in [0.2, 0.25) is 0 Å². The SMILES string of the molecule is NC(=O)N=CC1CC1. The van der Waals surface area contributed by atoms with E-state index in [1.54, 1.807) is 6.21 Å². The molecule has 1 aliphatic rings. The summed E-state index contributed by atoms with van der Waals surface area (Å²) in [5.41, 5.74) is 4.73. The van der Waals surface area contributed by atoms with E-state index in [-0.39, 0.29) is 0 Å². The zero-order valence-electron chi connectivity index (χ0n) is 4.50. The van der Waals surface area contributed by atoms with Crippen molar-refractivity contribution < 1.29 is 4.79 Å². The van der Waals surface area contributed by atoms with Crippen molar-refractivity contribution in [3.63, 3.8) is 0 Å². The first-order valence-corrected chi connectivity index (χ1v) is 2.62. The van der Waals surface area contributed by atoms with Crippen LogP contribution in [0.1, 0.15) is 12.8 Å². The molecule has 0 radical (unpaired) electrons. The molecule has 3 nitrogen and oxygen atoms in total. The molecular weight excluding hydrogens is 104 g/mol. The van der Waals surface area contributed by atoms with Gasteiger partial charge in [0.1, 0.15) is 0 Å². The smallest absolute Gasteiger partial charge is 0.337 e. The number of nitrogens with zero attached hydrogens (tertiary/aromatic N) is 1. The second-order valence-electron chi connectivity index (χ2n) is 1.95. The van der Waals surface area contributed by atoms with Crippen LogP contribution in [0.5, 0.6) is 0 Å². The molecule has 0 aromatic carbocycles. The monoisotopic (exact) mass is 112 g/mol. The average Bonchev–Trinajstić information content (AvgIpc) is 2.41. The maximum atomic E-state index is 9.96. The van der Waals surface area contributed by atoms with Crippen molar-refractivity contribution in [3.8, 4) is 0 Å². The van der Waals surface area contributed by atoms with E-state index in [4.69, 9.17) is 5.73 Å². The van der Waals surface area contributed by atoms with Gasteiger partial charge in [-0.05, 0) is 18.8 Å². The highest BCUT2D eigenvalue weighted by Crippen LogP contribution is 2.26. The quantitative estimate of drug-likeness (QED) is 0.494. The van der Waals surface area contributed by atoms with Gasteiger partial charge in [-0.25, -0.2) is 9.79 Å². The summed E-state index contributed by atoms with van der Waals surface area (Å²) in [6.45, 7) is 0. The molecule has 0 aromatic heterocycles. The molecule has 1 rings (SSSR count). The highest BCUT2D eigenvalue weighted by molar-refractivity contribution is 5.83. The first-order valence-electron chi connectivity index (χ1n) is 2.62. The number of urea groups is 1. The van der Waals surface area contributed by atoms with E-state index < -0.39 is 6.03 Å². The van der Waals surface area contributed by atoms with Crippen molar-refractivity contribution in [1.29, 1.82) is 0 Å². The molecule has 0 saturated heterocycles. The summed E-state index contributed by atoms with van der Waals surface area (Å²) >= 11 is 0. The predicted molar refractivity (Wildman–Crippen MR) is 30.8 cm³/mol. The Morgan fingerprint density at radius 1 is 1.75 bits per heavy atom. The Balaban J connectivity index is 2.23. The van der Waals surface area contributed by atoms with Crippen molar-refractivity contribution in [2.24, 2.45) is 16.6 Å². The molecule has 0 heterocycles. The van der Waals surface area contributed by atoms with Crippen molar-refractivity contribution in [1.82, 2.24) is 0 Å². The number of carbonyl (C=O) groups is 1. The lowest BCUT2D eigenvalue weighted by Gasteiger charge is -1.76. The number of aliphatic imine (C=N–C) groups is 1. The number of rotatable bonds is 1. The number of hydrogen-bond acceptors (Lipinski definition) is 1. The van der Waals surface area contributed by atoms with Gasteiger partial charge in [0, 0.05) is 6.21 Å². The van der Waals surface area contributed by atoms with Gasteiger partial charge < -0.3 is 5.73 Å². The first kappa shape index (κ1) is 5.28. The molecular formula is C5H8N2O. The molecule has 44 valence electrons. The Labute approximate surface area is 47.6 Å². The highest BCUT2D eigenvalue weighted by atomic mass is 16.2. The van der Waals surface area contributed by atoms with E-state index in [9.17, 15) is 4.79 Å². The Morgan fingerprint density at radius 2 is 2.38 bits per heavy atom. The van der Waals surface area contributed by atoms with Gasteiger partial charge in [0.15, 0.2) is 0 Å². The lowest BCUT2D eigenvalue weighted by molar-refractivity contribution is 0.257. The maximum Gasteiger partial charge on any atom is 0.337 e. The maximum absolute atomic E-state index is 9.96. The van der Waals surface area contributed by atoms with Gasteiger partial charge in [-0.15, -0.1) is 0 Å². The number of hydrogen-bond donors (Lipinski definition) is 1. The summed E-state index contributed by atoms with van der Waals surface area (Å²) in [7, 11) is 0. The molecule has 0 spiro atoms. The van der Waals surface area contributed by atoms with Gasteiger partial charge >= 0.3 is 6.03 Å². The summed E-state index contributed by atoms with van der Waals surface area (Å²) in [5.74, 6) is 0.544.